The van der Waals surface area contributed by atoms with Crippen molar-refractivity contribution in [3.63, 3.8) is 0 Å². The molecule has 2 heterocycles. The molecule has 162 valence electrons. The molecule has 31 heavy (non-hydrogen) atoms. The van der Waals surface area contributed by atoms with Gasteiger partial charge in [-0.15, -0.1) is 0 Å². The SMILES string of the molecule is O=C(NCc1nc2ccccc2n1CCC(=O)N1CCCCCC1)c1ccccc1Cl. The summed E-state index contributed by atoms with van der Waals surface area (Å²) in [6.07, 6.45) is 4.99. The van der Waals surface area contributed by atoms with Crippen LogP contribution < -0.4 is 5.32 Å². The summed E-state index contributed by atoms with van der Waals surface area (Å²) in [4.78, 5) is 32.1. The van der Waals surface area contributed by atoms with Gasteiger partial charge in [0.25, 0.3) is 5.91 Å². The number of imidazole rings is 1. The van der Waals surface area contributed by atoms with Crippen LogP contribution in [0.3, 0.4) is 0 Å². The van der Waals surface area contributed by atoms with E-state index in [4.69, 9.17) is 16.6 Å². The van der Waals surface area contributed by atoms with Gasteiger partial charge in [-0.2, -0.15) is 0 Å². The Morgan fingerprint density at radius 1 is 0.968 bits per heavy atom. The number of nitrogens with zero attached hydrogens (tertiary/aromatic N) is 3. The summed E-state index contributed by atoms with van der Waals surface area (Å²) in [5.41, 5.74) is 2.25. The molecule has 1 fully saturated rings. The number of rotatable bonds is 6. The van der Waals surface area contributed by atoms with E-state index in [0.717, 1.165) is 42.8 Å². The third-order valence-corrected chi connectivity index (χ3v) is 6.10. The first-order chi connectivity index (χ1) is 15.1. The van der Waals surface area contributed by atoms with Gasteiger partial charge in [0.2, 0.25) is 5.91 Å². The average Bonchev–Trinajstić information content (AvgIpc) is 2.93. The van der Waals surface area contributed by atoms with Gasteiger partial charge in [0.05, 0.1) is 28.2 Å². The van der Waals surface area contributed by atoms with Gasteiger partial charge in [0, 0.05) is 26.1 Å². The van der Waals surface area contributed by atoms with E-state index in [0.29, 0.717) is 23.6 Å². The van der Waals surface area contributed by atoms with Crippen molar-refractivity contribution in [2.75, 3.05) is 13.1 Å². The number of amides is 2. The number of hydrogen-bond donors (Lipinski definition) is 1. The number of benzene rings is 2. The van der Waals surface area contributed by atoms with E-state index >= 15 is 0 Å². The summed E-state index contributed by atoms with van der Waals surface area (Å²) in [5, 5.41) is 3.33. The van der Waals surface area contributed by atoms with Crippen molar-refractivity contribution in [1.29, 1.82) is 0 Å². The number of hydrogen-bond acceptors (Lipinski definition) is 3. The highest BCUT2D eigenvalue weighted by Gasteiger charge is 2.18. The molecule has 1 aromatic heterocycles. The molecule has 2 aromatic carbocycles. The van der Waals surface area contributed by atoms with Crippen molar-refractivity contribution in [2.45, 2.75) is 45.2 Å². The Morgan fingerprint density at radius 3 is 2.45 bits per heavy atom. The molecule has 2 amide bonds. The van der Waals surface area contributed by atoms with Crippen molar-refractivity contribution in [1.82, 2.24) is 19.8 Å². The summed E-state index contributed by atoms with van der Waals surface area (Å²) < 4.78 is 2.04. The number of nitrogens with one attached hydrogen (secondary N) is 1. The number of carbonyl (C=O) groups is 2. The van der Waals surface area contributed by atoms with Gasteiger partial charge in [0.15, 0.2) is 0 Å². The monoisotopic (exact) mass is 438 g/mol. The molecule has 1 N–H and O–H groups in total. The lowest BCUT2D eigenvalue weighted by atomic mass is 10.2. The minimum Gasteiger partial charge on any atom is -0.345 e. The standard InChI is InChI=1S/C24H27ClN4O2/c25-19-10-4-3-9-18(19)24(31)26-17-22-27-20-11-5-6-12-21(20)29(22)16-13-23(30)28-14-7-1-2-8-15-28/h3-6,9-12H,1-2,7-8,13-17H2,(H,26,31). The van der Waals surface area contributed by atoms with Crippen LogP contribution in [0.5, 0.6) is 0 Å². The Morgan fingerprint density at radius 2 is 1.68 bits per heavy atom. The summed E-state index contributed by atoms with van der Waals surface area (Å²) in [6, 6.07) is 14.8. The Labute approximate surface area is 187 Å². The van der Waals surface area contributed by atoms with Crippen LogP contribution in [0.4, 0.5) is 0 Å². The number of aryl methyl sites for hydroxylation is 1. The lowest BCUT2D eigenvalue weighted by molar-refractivity contribution is -0.131. The van der Waals surface area contributed by atoms with Crippen LogP contribution in [-0.2, 0) is 17.9 Å². The minimum atomic E-state index is -0.246. The summed E-state index contributed by atoms with van der Waals surface area (Å²) in [6.45, 7) is 2.50. The first-order valence-corrected chi connectivity index (χ1v) is 11.3. The molecule has 7 heteroatoms. The van der Waals surface area contributed by atoms with Crippen LogP contribution in [0.15, 0.2) is 48.5 Å². The number of para-hydroxylation sites is 2. The number of likely N-dealkylation sites (tertiary alicyclic amines) is 1. The van der Waals surface area contributed by atoms with Crippen molar-refractivity contribution in [3.8, 4) is 0 Å². The quantitative estimate of drug-likeness (QED) is 0.619. The van der Waals surface area contributed by atoms with E-state index in [9.17, 15) is 9.59 Å². The molecule has 0 saturated carbocycles. The number of aromatic nitrogens is 2. The predicted molar refractivity (Wildman–Crippen MR) is 122 cm³/mol. The first kappa shape index (κ1) is 21.4. The maximum atomic E-state index is 12.8. The lowest BCUT2D eigenvalue weighted by Crippen LogP contribution is -2.32. The average molecular weight is 439 g/mol. The van der Waals surface area contributed by atoms with E-state index in [2.05, 4.69) is 5.32 Å². The molecular formula is C24H27ClN4O2. The fourth-order valence-electron chi connectivity index (χ4n) is 4.10. The zero-order valence-electron chi connectivity index (χ0n) is 17.5. The summed E-state index contributed by atoms with van der Waals surface area (Å²) in [7, 11) is 0. The molecule has 3 aromatic rings. The Balaban J connectivity index is 1.48. The molecule has 1 saturated heterocycles. The number of carbonyl (C=O) groups excluding carboxylic acids is 2. The third-order valence-electron chi connectivity index (χ3n) is 5.77. The Kier molecular flexibility index (Phi) is 6.87. The van der Waals surface area contributed by atoms with Gasteiger partial charge in [0.1, 0.15) is 5.82 Å². The van der Waals surface area contributed by atoms with Gasteiger partial charge in [-0.3, -0.25) is 9.59 Å². The van der Waals surface area contributed by atoms with Crippen molar-refractivity contribution in [2.24, 2.45) is 0 Å². The van der Waals surface area contributed by atoms with Gasteiger partial charge in [-0.25, -0.2) is 4.98 Å². The molecule has 0 aliphatic carbocycles. The van der Waals surface area contributed by atoms with Crippen LogP contribution >= 0.6 is 11.6 Å². The normalized spacial score (nSPS) is 14.4. The number of fused-ring (bicyclic) bond motifs is 1. The third kappa shape index (κ3) is 5.07. The van der Waals surface area contributed by atoms with Crippen molar-refractivity contribution >= 4 is 34.4 Å². The van der Waals surface area contributed by atoms with Crippen LogP contribution in [0.25, 0.3) is 11.0 Å². The smallest absolute Gasteiger partial charge is 0.253 e. The predicted octanol–water partition coefficient (Wildman–Crippen LogP) is 4.41. The largest absolute Gasteiger partial charge is 0.345 e. The van der Waals surface area contributed by atoms with Crippen LogP contribution in [0.2, 0.25) is 5.02 Å². The van der Waals surface area contributed by atoms with E-state index in [1.54, 1.807) is 24.3 Å². The van der Waals surface area contributed by atoms with E-state index in [1.807, 2.05) is 33.7 Å². The lowest BCUT2D eigenvalue weighted by Gasteiger charge is -2.20. The molecule has 0 atom stereocenters. The zero-order valence-corrected chi connectivity index (χ0v) is 18.3. The van der Waals surface area contributed by atoms with E-state index in [-0.39, 0.29) is 18.4 Å². The Bertz CT molecular complexity index is 1070. The molecular weight excluding hydrogens is 412 g/mol. The van der Waals surface area contributed by atoms with Gasteiger partial charge >= 0.3 is 0 Å². The molecule has 1 aliphatic rings. The maximum Gasteiger partial charge on any atom is 0.253 e. The van der Waals surface area contributed by atoms with Gasteiger partial charge in [-0.1, -0.05) is 48.7 Å². The zero-order chi connectivity index (χ0) is 21.6. The second-order valence-electron chi connectivity index (χ2n) is 7.88. The van der Waals surface area contributed by atoms with Crippen LogP contribution in [0, 0.1) is 0 Å². The molecule has 0 unspecified atom stereocenters. The Hall–Kier alpha value is -2.86. The molecule has 6 nitrogen and oxygen atoms in total. The maximum absolute atomic E-state index is 12.8. The van der Waals surface area contributed by atoms with Gasteiger partial charge in [-0.05, 0) is 37.1 Å². The second-order valence-corrected chi connectivity index (χ2v) is 8.28. The molecule has 0 bridgehead atoms. The first-order valence-electron chi connectivity index (χ1n) is 10.9. The molecule has 0 radical (unpaired) electrons. The molecule has 1 aliphatic heterocycles. The van der Waals surface area contributed by atoms with Crippen LogP contribution in [-0.4, -0.2) is 39.4 Å². The summed E-state index contributed by atoms with van der Waals surface area (Å²) in [5.74, 6) is 0.667. The van der Waals surface area contributed by atoms with E-state index in [1.165, 1.54) is 12.8 Å². The molecule has 4 rings (SSSR count). The summed E-state index contributed by atoms with van der Waals surface area (Å²) >= 11 is 6.14. The highest BCUT2D eigenvalue weighted by atomic mass is 35.5. The molecule has 0 spiro atoms. The second kappa shape index (κ2) is 9.96. The highest BCUT2D eigenvalue weighted by molar-refractivity contribution is 6.33. The fraction of sp³-hybridized carbons (Fsp3) is 0.375. The highest BCUT2D eigenvalue weighted by Crippen LogP contribution is 2.19. The minimum absolute atomic E-state index is 0.186. The van der Waals surface area contributed by atoms with Crippen molar-refractivity contribution < 1.29 is 9.59 Å². The number of halogens is 1. The van der Waals surface area contributed by atoms with Crippen LogP contribution in [0.1, 0.15) is 48.3 Å². The van der Waals surface area contributed by atoms with Crippen molar-refractivity contribution in [3.05, 3.63) is 64.9 Å². The topological polar surface area (TPSA) is 67.2 Å². The van der Waals surface area contributed by atoms with E-state index < -0.39 is 0 Å². The van der Waals surface area contributed by atoms with Gasteiger partial charge < -0.3 is 14.8 Å². The fourth-order valence-corrected chi connectivity index (χ4v) is 4.32.